The first-order chi connectivity index (χ1) is 6.63. The summed E-state index contributed by atoms with van der Waals surface area (Å²) in [7, 11) is 1.39. The Hall–Kier alpha value is -0.870. The van der Waals surface area contributed by atoms with Crippen molar-refractivity contribution in [1.82, 2.24) is 0 Å². The van der Waals surface area contributed by atoms with E-state index >= 15 is 0 Å². The van der Waals surface area contributed by atoms with Gasteiger partial charge in [-0.25, -0.2) is 4.79 Å². The van der Waals surface area contributed by atoms with E-state index < -0.39 is 0 Å². The lowest BCUT2D eigenvalue weighted by Crippen LogP contribution is -2.15. The van der Waals surface area contributed by atoms with Gasteiger partial charge in [-0.1, -0.05) is 0 Å². The van der Waals surface area contributed by atoms with Crippen LogP contribution in [0, 0.1) is 0 Å². The maximum atomic E-state index is 11.1. The number of aryl methyl sites for hydroxylation is 1. The van der Waals surface area contributed by atoms with Gasteiger partial charge in [0.15, 0.2) is 0 Å². The number of hydrogen-bond acceptors (Lipinski definition) is 4. The second-order valence-corrected chi connectivity index (χ2v) is 4.31. The van der Waals surface area contributed by atoms with Gasteiger partial charge in [-0.2, -0.15) is 0 Å². The summed E-state index contributed by atoms with van der Waals surface area (Å²) in [5, 5.41) is 1.82. The molecule has 0 aromatic carbocycles. The molecular weight excluding hydrogens is 198 g/mol. The number of thiophene rings is 1. The van der Waals surface area contributed by atoms with E-state index in [-0.39, 0.29) is 12.0 Å². The largest absolute Gasteiger partial charge is 0.465 e. The third-order valence-electron chi connectivity index (χ3n) is 1.92. The zero-order valence-electron chi connectivity index (χ0n) is 8.45. The second kappa shape index (κ2) is 5.12. The van der Waals surface area contributed by atoms with E-state index in [1.165, 1.54) is 12.0 Å². The van der Waals surface area contributed by atoms with Crippen LogP contribution in [0.2, 0.25) is 0 Å². The van der Waals surface area contributed by atoms with Crippen molar-refractivity contribution in [3.05, 3.63) is 21.9 Å². The highest BCUT2D eigenvalue weighted by Gasteiger charge is 2.08. The van der Waals surface area contributed by atoms with Gasteiger partial charge < -0.3 is 10.5 Å². The van der Waals surface area contributed by atoms with E-state index in [1.807, 2.05) is 18.4 Å². The Morgan fingerprint density at radius 1 is 1.71 bits per heavy atom. The SMILES string of the molecule is COC(=O)c1csc(CCC(C)N)c1. The first kappa shape index (κ1) is 11.2. The number of methoxy groups -OCH3 is 1. The smallest absolute Gasteiger partial charge is 0.338 e. The van der Waals surface area contributed by atoms with Gasteiger partial charge in [-0.3, -0.25) is 0 Å². The van der Waals surface area contributed by atoms with Crippen molar-refractivity contribution in [2.45, 2.75) is 25.8 Å². The molecule has 14 heavy (non-hydrogen) atoms. The molecule has 0 saturated heterocycles. The molecule has 0 aliphatic heterocycles. The maximum absolute atomic E-state index is 11.1. The predicted octanol–water partition coefficient (Wildman–Crippen LogP) is 1.81. The fourth-order valence-electron chi connectivity index (χ4n) is 1.11. The molecule has 1 unspecified atom stereocenters. The Labute approximate surface area is 87.9 Å². The molecule has 0 spiro atoms. The van der Waals surface area contributed by atoms with Crippen LogP contribution in [0.3, 0.4) is 0 Å². The van der Waals surface area contributed by atoms with E-state index in [4.69, 9.17) is 5.73 Å². The fraction of sp³-hybridized carbons (Fsp3) is 0.500. The number of carbonyl (C=O) groups is 1. The monoisotopic (exact) mass is 213 g/mol. The van der Waals surface area contributed by atoms with Crippen LogP contribution >= 0.6 is 11.3 Å². The van der Waals surface area contributed by atoms with Gasteiger partial charge in [0, 0.05) is 16.3 Å². The molecule has 0 fully saturated rings. The summed E-state index contributed by atoms with van der Waals surface area (Å²) in [5.41, 5.74) is 6.28. The van der Waals surface area contributed by atoms with Gasteiger partial charge in [0.2, 0.25) is 0 Å². The summed E-state index contributed by atoms with van der Waals surface area (Å²) >= 11 is 1.58. The van der Waals surface area contributed by atoms with Crippen molar-refractivity contribution < 1.29 is 9.53 Å². The zero-order chi connectivity index (χ0) is 10.6. The Balaban J connectivity index is 2.55. The number of rotatable bonds is 4. The molecule has 2 N–H and O–H groups in total. The maximum Gasteiger partial charge on any atom is 0.338 e. The normalized spacial score (nSPS) is 12.5. The van der Waals surface area contributed by atoms with Crippen molar-refractivity contribution in [3.63, 3.8) is 0 Å². The lowest BCUT2D eigenvalue weighted by molar-refractivity contribution is 0.0601. The molecule has 1 aromatic heterocycles. The molecule has 78 valence electrons. The highest BCUT2D eigenvalue weighted by molar-refractivity contribution is 7.10. The minimum Gasteiger partial charge on any atom is -0.465 e. The molecule has 1 rings (SSSR count). The number of carbonyl (C=O) groups excluding carboxylic acids is 1. The lowest BCUT2D eigenvalue weighted by Gasteiger charge is -2.01. The number of esters is 1. The van der Waals surface area contributed by atoms with E-state index in [0.717, 1.165) is 12.8 Å². The molecule has 1 aromatic rings. The molecule has 4 heteroatoms. The van der Waals surface area contributed by atoms with Crippen LogP contribution in [0.25, 0.3) is 0 Å². The molecule has 1 atom stereocenters. The van der Waals surface area contributed by atoms with Crippen molar-refractivity contribution in [1.29, 1.82) is 0 Å². The number of ether oxygens (including phenoxy) is 1. The average Bonchev–Trinajstić information content (AvgIpc) is 2.62. The van der Waals surface area contributed by atoms with Crippen molar-refractivity contribution in [2.75, 3.05) is 7.11 Å². The first-order valence-electron chi connectivity index (χ1n) is 4.54. The van der Waals surface area contributed by atoms with Crippen LogP contribution in [0.4, 0.5) is 0 Å². The fourth-order valence-corrected chi connectivity index (χ4v) is 1.98. The minimum atomic E-state index is -0.270. The molecule has 0 radical (unpaired) electrons. The molecule has 0 aliphatic rings. The Bertz CT molecular complexity index is 307. The van der Waals surface area contributed by atoms with Gasteiger partial charge in [0.25, 0.3) is 0 Å². The van der Waals surface area contributed by atoms with E-state index in [9.17, 15) is 4.79 Å². The number of nitrogens with two attached hydrogens (primary N) is 1. The van der Waals surface area contributed by atoms with Crippen LogP contribution < -0.4 is 5.73 Å². The van der Waals surface area contributed by atoms with Crippen molar-refractivity contribution in [2.24, 2.45) is 5.73 Å². The lowest BCUT2D eigenvalue weighted by atomic mass is 10.1. The van der Waals surface area contributed by atoms with E-state index in [1.54, 1.807) is 11.3 Å². The van der Waals surface area contributed by atoms with Gasteiger partial charge in [0.05, 0.1) is 12.7 Å². The predicted molar refractivity (Wildman–Crippen MR) is 57.6 cm³/mol. The average molecular weight is 213 g/mol. The molecule has 0 amide bonds. The first-order valence-corrected chi connectivity index (χ1v) is 5.42. The van der Waals surface area contributed by atoms with Crippen molar-refractivity contribution >= 4 is 17.3 Å². The summed E-state index contributed by atoms with van der Waals surface area (Å²) in [4.78, 5) is 12.3. The Kier molecular flexibility index (Phi) is 4.10. The minimum absolute atomic E-state index is 0.207. The highest BCUT2D eigenvalue weighted by atomic mass is 32.1. The third-order valence-corrected chi connectivity index (χ3v) is 2.92. The summed E-state index contributed by atoms with van der Waals surface area (Å²) < 4.78 is 4.62. The Morgan fingerprint density at radius 2 is 2.43 bits per heavy atom. The van der Waals surface area contributed by atoms with Crippen molar-refractivity contribution in [3.8, 4) is 0 Å². The standard InChI is InChI=1S/C10H15NO2S/c1-7(11)3-4-9-5-8(6-14-9)10(12)13-2/h5-7H,3-4,11H2,1-2H3. The molecule has 3 nitrogen and oxygen atoms in total. The summed E-state index contributed by atoms with van der Waals surface area (Å²) in [6.07, 6.45) is 1.88. The van der Waals surface area contributed by atoms with Gasteiger partial charge >= 0.3 is 5.97 Å². The van der Waals surface area contributed by atoms with E-state index in [0.29, 0.717) is 5.56 Å². The Morgan fingerprint density at radius 3 is 3.00 bits per heavy atom. The van der Waals surface area contributed by atoms with Crippen LogP contribution in [0.5, 0.6) is 0 Å². The molecule has 0 saturated carbocycles. The van der Waals surface area contributed by atoms with Crippen LogP contribution in [0.15, 0.2) is 11.4 Å². The second-order valence-electron chi connectivity index (χ2n) is 3.31. The highest BCUT2D eigenvalue weighted by Crippen LogP contribution is 2.17. The van der Waals surface area contributed by atoms with Crippen LogP contribution in [0.1, 0.15) is 28.6 Å². The van der Waals surface area contributed by atoms with Gasteiger partial charge in [0.1, 0.15) is 0 Å². The zero-order valence-corrected chi connectivity index (χ0v) is 9.26. The summed E-state index contributed by atoms with van der Waals surface area (Å²) in [6, 6.07) is 2.08. The molecule has 1 heterocycles. The van der Waals surface area contributed by atoms with Gasteiger partial charge in [-0.05, 0) is 25.8 Å². The third kappa shape index (κ3) is 3.12. The van der Waals surface area contributed by atoms with Crippen LogP contribution in [-0.4, -0.2) is 19.1 Å². The number of hydrogen-bond donors (Lipinski definition) is 1. The van der Waals surface area contributed by atoms with E-state index in [2.05, 4.69) is 4.74 Å². The molecule has 0 aliphatic carbocycles. The molecule has 0 bridgehead atoms. The van der Waals surface area contributed by atoms with Crippen LogP contribution in [-0.2, 0) is 11.2 Å². The summed E-state index contributed by atoms with van der Waals surface area (Å²) in [5.74, 6) is -0.270. The molecular formula is C10H15NO2S. The van der Waals surface area contributed by atoms with Gasteiger partial charge in [-0.15, -0.1) is 11.3 Å². The summed E-state index contributed by atoms with van der Waals surface area (Å²) in [6.45, 7) is 1.98. The quantitative estimate of drug-likeness (QED) is 0.776. The topological polar surface area (TPSA) is 52.3 Å².